The number of aromatic carboxylic acids is 1. The number of carboxylic acid groups (broad SMARTS) is 1. The lowest BCUT2D eigenvalue weighted by Gasteiger charge is -2.25. The van der Waals surface area contributed by atoms with E-state index in [1.807, 2.05) is 0 Å². The number of pyridine rings is 1. The second-order valence-electron chi connectivity index (χ2n) is 6.80. The lowest BCUT2D eigenvalue weighted by Crippen LogP contribution is -2.43. The first-order valence-corrected chi connectivity index (χ1v) is 11.5. The van der Waals surface area contributed by atoms with Crippen molar-refractivity contribution < 1.29 is 23.1 Å². The number of para-hydroxylation sites is 1. The van der Waals surface area contributed by atoms with Gasteiger partial charge in [-0.2, -0.15) is 0 Å². The highest BCUT2D eigenvalue weighted by Gasteiger charge is 2.33. The molecule has 1 unspecified atom stereocenters. The number of benzene rings is 2. The van der Waals surface area contributed by atoms with Crippen molar-refractivity contribution in [3.63, 3.8) is 0 Å². The van der Waals surface area contributed by atoms with E-state index in [-0.39, 0.29) is 40.0 Å². The second kappa shape index (κ2) is 8.60. The fraction of sp³-hybridized carbons (Fsp3) is 0.200. The fourth-order valence-corrected chi connectivity index (χ4v) is 5.26. The van der Waals surface area contributed by atoms with Gasteiger partial charge in [0, 0.05) is 29.7 Å². The number of anilines is 2. The zero-order valence-corrected chi connectivity index (χ0v) is 18.3. The van der Waals surface area contributed by atoms with Gasteiger partial charge in [0.1, 0.15) is 4.90 Å². The van der Waals surface area contributed by atoms with Gasteiger partial charge in [0.2, 0.25) is 9.84 Å². The zero-order chi connectivity index (χ0) is 22.2. The first kappa shape index (κ1) is 21.8. The summed E-state index contributed by atoms with van der Waals surface area (Å²) in [5, 5.41) is 16.4. The number of nitrogens with one attached hydrogen (secondary N) is 2. The molecule has 1 aliphatic heterocycles. The van der Waals surface area contributed by atoms with Crippen LogP contribution in [-0.4, -0.2) is 49.6 Å². The molecule has 2 heterocycles. The highest BCUT2D eigenvalue weighted by molar-refractivity contribution is 7.92. The maximum atomic E-state index is 13.4. The Morgan fingerprint density at radius 3 is 2.74 bits per heavy atom. The van der Waals surface area contributed by atoms with E-state index in [2.05, 4.69) is 15.6 Å². The number of aromatic nitrogens is 1. The molecule has 0 aliphatic carbocycles. The van der Waals surface area contributed by atoms with Gasteiger partial charge in [-0.05, 0) is 30.3 Å². The van der Waals surface area contributed by atoms with Gasteiger partial charge in [0.25, 0.3) is 0 Å². The summed E-state index contributed by atoms with van der Waals surface area (Å²) in [5.74, 6) is -1.22. The van der Waals surface area contributed by atoms with E-state index in [0.29, 0.717) is 22.5 Å². The van der Waals surface area contributed by atoms with E-state index in [4.69, 9.17) is 27.9 Å². The Labute approximate surface area is 188 Å². The Balaban J connectivity index is 1.96. The van der Waals surface area contributed by atoms with Crippen LogP contribution in [0.25, 0.3) is 10.9 Å². The van der Waals surface area contributed by atoms with E-state index in [9.17, 15) is 18.3 Å². The standard InChI is InChI=1S/C20H17Cl2N3O5S/c21-11-4-5-15-13(8-11)19(25-18-12(20(26)27)2-1-3-14(18)22)16(9-24-15)31(28,29)17-10-23-6-7-30-17/h1-5,8-9,17,23H,6-7,10H2,(H,24,25)(H,26,27). The molecule has 1 aliphatic rings. The number of hydrogen-bond donors (Lipinski definition) is 3. The Morgan fingerprint density at radius 1 is 1.23 bits per heavy atom. The molecule has 0 radical (unpaired) electrons. The molecule has 1 aromatic heterocycles. The minimum Gasteiger partial charge on any atom is -0.478 e. The second-order valence-corrected chi connectivity index (χ2v) is 9.70. The van der Waals surface area contributed by atoms with Gasteiger partial charge in [-0.25, -0.2) is 13.2 Å². The summed E-state index contributed by atoms with van der Waals surface area (Å²) < 4.78 is 32.3. The number of carbonyl (C=O) groups is 1. The maximum Gasteiger partial charge on any atom is 0.337 e. The number of hydrogen-bond acceptors (Lipinski definition) is 7. The Hall–Kier alpha value is -2.43. The number of nitrogens with zero attached hydrogens (tertiary/aromatic N) is 1. The Bertz CT molecular complexity index is 1280. The Morgan fingerprint density at radius 2 is 2.03 bits per heavy atom. The monoisotopic (exact) mass is 481 g/mol. The maximum absolute atomic E-state index is 13.4. The van der Waals surface area contributed by atoms with Crippen molar-refractivity contribution in [2.24, 2.45) is 0 Å². The van der Waals surface area contributed by atoms with Gasteiger partial charge in [0.15, 0.2) is 5.44 Å². The third-order valence-corrected chi connectivity index (χ3v) is 7.30. The molecule has 1 atom stereocenters. The molecule has 0 amide bonds. The molecule has 0 bridgehead atoms. The average Bonchev–Trinajstić information content (AvgIpc) is 2.75. The van der Waals surface area contributed by atoms with Gasteiger partial charge in [-0.15, -0.1) is 0 Å². The summed E-state index contributed by atoms with van der Waals surface area (Å²) in [4.78, 5) is 15.8. The van der Waals surface area contributed by atoms with Crippen LogP contribution in [0.15, 0.2) is 47.5 Å². The summed E-state index contributed by atoms with van der Waals surface area (Å²) in [6.45, 7) is 0.902. The first-order valence-electron chi connectivity index (χ1n) is 9.22. The smallest absolute Gasteiger partial charge is 0.337 e. The number of ether oxygens (including phenoxy) is 1. The molecule has 3 N–H and O–H groups in total. The van der Waals surface area contributed by atoms with Gasteiger partial charge in [0.05, 0.1) is 34.1 Å². The number of halogens is 2. The summed E-state index contributed by atoms with van der Waals surface area (Å²) in [7, 11) is -4.01. The summed E-state index contributed by atoms with van der Waals surface area (Å²) in [6.07, 6.45) is 1.23. The van der Waals surface area contributed by atoms with Crippen LogP contribution in [0, 0.1) is 0 Å². The topological polar surface area (TPSA) is 118 Å². The van der Waals surface area contributed by atoms with Crippen molar-refractivity contribution in [3.05, 3.63) is 58.2 Å². The average molecular weight is 482 g/mol. The highest BCUT2D eigenvalue weighted by Crippen LogP contribution is 2.38. The van der Waals surface area contributed by atoms with Crippen LogP contribution in [-0.2, 0) is 14.6 Å². The molecule has 4 rings (SSSR count). The molecule has 31 heavy (non-hydrogen) atoms. The molecule has 2 aromatic carbocycles. The molecule has 3 aromatic rings. The summed E-state index contributed by atoms with van der Waals surface area (Å²) in [6, 6.07) is 9.20. The molecule has 1 fully saturated rings. The fourth-order valence-electron chi connectivity index (χ4n) is 3.33. The predicted octanol–water partition coefficient (Wildman–Crippen LogP) is 3.70. The number of carboxylic acids is 1. The normalized spacial score (nSPS) is 16.9. The third-order valence-electron chi connectivity index (χ3n) is 4.84. The molecule has 162 valence electrons. The number of morpholine rings is 1. The predicted molar refractivity (Wildman–Crippen MR) is 118 cm³/mol. The molecule has 1 saturated heterocycles. The van der Waals surface area contributed by atoms with E-state index in [1.165, 1.54) is 24.4 Å². The molecular formula is C20H17Cl2N3O5S. The summed E-state index contributed by atoms with van der Waals surface area (Å²) >= 11 is 12.4. The molecule has 11 heteroatoms. The van der Waals surface area contributed by atoms with Crippen molar-refractivity contribution in [1.82, 2.24) is 10.3 Å². The van der Waals surface area contributed by atoms with Gasteiger partial charge in [-0.3, -0.25) is 4.98 Å². The first-order chi connectivity index (χ1) is 14.8. The van der Waals surface area contributed by atoms with E-state index >= 15 is 0 Å². The van der Waals surface area contributed by atoms with Crippen molar-refractivity contribution in [2.45, 2.75) is 10.3 Å². The van der Waals surface area contributed by atoms with Crippen LogP contribution in [0.1, 0.15) is 10.4 Å². The number of fused-ring (bicyclic) bond motifs is 1. The van der Waals surface area contributed by atoms with Crippen molar-refractivity contribution in [2.75, 3.05) is 25.0 Å². The van der Waals surface area contributed by atoms with Gasteiger partial charge < -0.3 is 20.5 Å². The minimum absolute atomic E-state index is 0.0586. The van der Waals surface area contributed by atoms with Crippen LogP contribution in [0.2, 0.25) is 10.0 Å². The molecule has 0 saturated carbocycles. The van der Waals surface area contributed by atoms with Crippen molar-refractivity contribution >= 4 is 61.3 Å². The van der Waals surface area contributed by atoms with Crippen LogP contribution in [0.4, 0.5) is 11.4 Å². The quantitative estimate of drug-likeness (QED) is 0.504. The lowest BCUT2D eigenvalue weighted by atomic mass is 10.1. The highest BCUT2D eigenvalue weighted by atomic mass is 35.5. The third kappa shape index (κ3) is 4.19. The van der Waals surface area contributed by atoms with E-state index in [0.717, 1.165) is 0 Å². The van der Waals surface area contributed by atoms with Crippen LogP contribution in [0.3, 0.4) is 0 Å². The van der Waals surface area contributed by atoms with Crippen molar-refractivity contribution in [1.29, 1.82) is 0 Å². The largest absolute Gasteiger partial charge is 0.478 e. The van der Waals surface area contributed by atoms with Gasteiger partial charge >= 0.3 is 5.97 Å². The van der Waals surface area contributed by atoms with Crippen molar-refractivity contribution in [3.8, 4) is 0 Å². The molecular weight excluding hydrogens is 465 g/mol. The van der Waals surface area contributed by atoms with E-state index < -0.39 is 21.2 Å². The SMILES string of the molecule is O=C(O)c1cccc(Cl)c1Nc1c(S(=O)(=O)C2CNCCO2)cnc2ccc(Cl)cc12. The summed E-state index contributed by atoms with van der Waals surface area (Å²) in [5.41, 5.74) is -0.582. The lowest BCUT2D eigenvalue weighted by molar-refractivity contribution is 0.0698. The minimum atomic E-state index is -4.01. The molecule has 0 spiro atoms. The molecule has 8 nitrogen and oxygen atoms in total. The van der Waals surface area contributed by atoms with Gasteiger partial charge in [-0.1, -0.05) is 29.3 Å². The Kier molecular flexibility index (Phi) is 6.05. The van der Waals surface area contributed by atoms with E-state index in [1.54, 1.807) is 18.2 Å². The zero-order valence-electron chi connectivity index (χ0n) is 15.9. The van der Waals surface area contributed by atoms with Crippen LogP contribution < -0.4 is 10.6 Å². The number of rotatable bonds is 5. The van der Waals surface area contributed by atoms with Crippen LogP contribution in [0.5, 0.6) is 0 Å². The van der Waals surface area contributed by atoms with Crippen LogP contribution >= 0.6 is 23.2 Å². The number of sulfone groups is 1.